The number of pyridine rings is 1. The minimum atomic E-state index is -0.0465. The lowest BCUT2D eigenvalue weighted by molar-refractivity contribution is 0.0705. The number of likely N-dealkylation sites (tertiary alicyclic amines) is 1. The third-order valence-corrected chi connectivity index (χ3v) is 5.89. The van der Waals surface area contributed by atoms with Crippen LogP contribution in [0.2, 0.25) is 0 Å². The molecule has 9 heteroatoms. The number of ether oxygens (including phenoxy) is 2. The molecule has 0 spiro atoms. The predicted molar refractivity (Wildman–Crippen MR) is 128 cm³/mol. The average Bonchev–Trinajstić information content (AvgIpc) is 2.93. The van der Waals surface area contributed by atoms with Gasteiger partial charge in [0.15, 0.2) is 0 Å². The molecule has 3 aromatic heterocycles. The molecule has 1 aliphatic rings. The van der Waals surface area contributed by atoms with Crippen molar-refractivity contribution in [2.45, 2.75) is 18.8 Å². The number of methoxy groups -OCH3 is 1. The lowest BCUT2D eigenvalue weighted by Gasteiger charge is -2.32. The van der Waals surface area contributed by atoms with E-state index >= 15 is 0 Å². The molecule has 1 aromatic carbocycles. The van der Waals surface area contributed by atoms with E-state index in [1.54, 1.807) is 50.2 Å². The smallest absolute Gasteiger partial charge is 0.255 e. The first kappa shape index (κ1) is 22.4. The molecule has 176 valence electrons. The molecule has 0 N–H and O–H groups in total. The first-order valence-electron chi connectivity index (χ1n) is 11.3. The molecular formula is C26H24N6O3. The van der Waals surface area contributed by atoms with Crippen LogP contribution in [-0.4, -0.2) is 55.9 Å². The van der Waals surface area contributed by atoms with Crippen molar-refractivity contribution < 1.29 is 14.3 Å². The number of piperidine rings is 1. The van der Waals surface area contributed by atoms with Gasteiger partial charge in [0.05, 0.1) is 30.3 Å². The Morgan fingerprint density at radius 2 is 1.86 bits per heavy atom. The average molecular weight is 469 g/mol. The Morgan fingerprint density at radius 3 is 2.66 bits per heavy atom. The van der Waals surface area contributed by atoms with E-state index in [9.17, 15) is 4.79 Å². The summed E-state index contributed by atoms with van der Waals surface area (Å²) in [6.45, 7) is 1.25. The summed E-state index contributed by atoms with van der Waals surface area (Å²) in [7, 11) is 1.61. The zero-order valence-corrected chi connectivity index (χ0v) is 19.2. The Balaban J connectivity index is 1.27. The standard InChI is InChI=1S/C26H24N6O3/c1-34-21-5-2-6-22(10-21)35-25-15-27-14-24(31-25)19-4-3-9-32(16-19)26(33)18-7-8-23(30-13-18)20-11-28-17-29-12-20/h2,5-8,10-15,17,19H,3-4,9,16H2,1H3/t19-/m1/s1. The maximum atomic E-state index is 13.2. The van der Waals surface area contributed by atoms with Gasteiger partial charge in [-0.2, -0.15) is 0 Å². The van der Waals surface area contributed by atoms with Crippen LogP contribution in [0.4, 0.5) is 0 Å². The van der Waals surface area contributed by atoms with Gasteiger partial charge in [-0.1, -0.05) is 6.07 Å². The van der Waals surface area contributed by atoms with E-state index in [0.29, 0.717) is 36.0 Å². The minimum Gasteiger partial charge on any atom is -0.497 e. The van der Waals surface area contributed by atoms with Crippen LogP contribution < -0.4 is 9.47 Å². The zero-order valence-electron chi connectivity index (χ0n) is 19.2. The second-order valence-corrected chi connectivity index (χ2v) is 8.21. The number of hydrogen-bond acceptors (Lipinski definition) is 8. The van der Waals surface area contributed by atoms with E-state index < -0.39 is 0 Å². The third kappa shape index (κ3) is 5.24. The number of hydrogen-bond donors (Lipinski definition) is 0. The third-order valence-electron chi connectivity index (χ3n) is 5.89. The minimum absolute atomic E-state index is 0.0465. The quantitative estimate of drug-likeness (QED) is 0.416. The molecule has 35 heavy (non-hydrogen) atoms. The summed E-state index contributed by atoms with van der Waals surface area (Å²) in [5, 5.41) is 0. The van der Waals surface area contributed by atoms with E-state index in [4.69, 9.17) is 9.47 Å². The topological polar surface area (TPSA) is 103 Å². The van der Waals surface area contributed by atoms with Crippen LogP contribution in [0.5, 0.6) is 17.4 Å². The summed E-state index contributed by atoms with van der Waals surface area (Å²) >= 11 is 0. The van der Waals surface area contributed by atoms with Crippen LogP contribution in [0.25, 0.3) is 11.3 Å². The molecule has 1 saturated heterocycles. The van der Waals surface area contributed by atoms with E-state index in [1.165, 1.54) is 6.33 Å². The van der Waals surface area contributed by atoms with Gasteiger partial charge in [0, 0.05) is 55.4 Å². The van der Waals surface area contributed by atoms with Crippen molar-refractivity contribution in [1.82, 2.24) is 29.8 Å². The lowest BCUT2D eigenvalue weighted by Crippen LogP contribution is -2.39. The maximum absolute atomic E-state index is 13.2. The van der Waals surface area contributed by atoms with Crippen molar-refractivity contribution in [2.24, 2.45) is 0 Å². The van der Waals surface area contributed by atoms with Crippen molar-refractivity contribution in [3.63, 3.8) is 0 Å². The highest BCUT2D eigenvalue weighted by molar-refractivity contribution is 5.94. The molecular weight excluding hydrogens is 444 g/mol. The largest absolute Gasteiger partial charge is 0.497 e. The summed E-state index contributed by atoms with van der Waals surface area (Å²) in [5.41, 5.74) is 2.88. The number of amides is 1. The van der Waals surface area contributed by atoms with Gasteiger partial charge in [0.2, 0.25) is 5.88 Å². The van der Waals surface area contributed by atoms with Crippen molar-refractivity contribution >= 4 is 5.91 Å². The van der Waals surface area contributed by atoms with Crippen LogP contribution in [0.3, 0.4) is 0 Å². The Kier molecular flexibility index (Phi) is 6.56. The Labute approximate surface area is 202 Å². The first-order valence-corrected chi connectivity index (χ1v) is 11.3. The van der Waals surface area contributed by atoms with E-state index in [1.807, 2.05) is 29.2 Å². The lowest BCUT2D eigenvalue weighted by atomic mass is 9.94. The predicted octanol–water partition coefficient (Wildman–Crippen LogP) is 4.15. The van der Waals surface area contributed by atoms with Gasteiger partial charge in [0.25, 0.3) is 5.91 Å². The Bertz CT molecular complexity index is 1300. The van der Waals surface area contributed by atoms with Crippen LogP contribution in [0.15, 0.2) is 73.7 Å². The van der Waals surface area contributed by atoms with Gasteiger partial charge in [-0.3, -0.25) is 14.8 Å². The molecule has 1 amide bonds. The summed E-state index contributed by atoms with van der Waals surface area (Å²) in [6, 6.07) is 10.9. The van der Waals surface area contributed by atoms with Crippen LogP contribution >= 0.6 is 0 Å². The fourth-order valence-corrected chi connectivity index (χ4v) is 4.10. The molecule has 0 bridgehead atoms. The highest BCUT2D eigenvalue weighted by Gasteiger charge is 2.27. The van der Waals surface area contributed by atoms with Gasteiger partial charge in [-0.15, -0.1) is 0 Å². The van der Waals surface area contributed by atoms with E-state index in [-0.39, 0.29) is 11.8 Å². The number of carbonyl (C=O) groups is 1. The van der Waals surface area contributed by atoms with E-state index in [2.05, 4.69) is 24.9 Å². The number of benzene rings is 1. The summed E-state index contributed by atoms with van der Waals surface area (Å²) < 4.78 is 11.1. The summed E-state index contributed by atoms with van der Waals surface area (Å²) in [4.78, 5) is 36.5. The van der Waals surface area contributed by atoms with Crippen molar-refractivity contribution in [2.75, 3.05) is 20.2 Å². The van der Waals surface area contributed by atoms with Gasteiger partial charge in [-0.05, 0) is 37.1 Å². The monoisotopic (exact) mass is 468 g/mol. The summed E-state index contributed by atoms with van der Waals surface area (Å²) in [6.07, 6.45) is 11.6. The maximum Gasteiger partial charge on any atom is 0.255 e. The fourth-order valence-electron chi connectivity index (χ4n) is 4.10. The van der Waals surface area contributed by atoms with E-state index in [0.717, 1.165) is 29.8 Å². The number of rotatable bonds is 6. The highest BCUT2D eigenvalue weighted by Crippen LogP contribution is 2.29. The molecule has 9 nitrogen and oxygen atoms in total. The molecule has 0 unspecified atom stereocenters. The van der Waals surface area contributed by atoms with Crippen LogP contribution in [0, 0.1) is 0 Å². The molecule has 0 radical (unpaired) electrons. The molecule has 0 aliphatic carbocycles. The number of aromatic nitrogens is 5. The molecule has 1 atom stereocenters. The summed E-state index contributed by atoms with van der Waals surface area (Å²) in [5.74, 6) is 1.75. The number of carbonyl (C=O) groups excluding carboxylic acids is 1. The molecule has 4 heterocycles. The number of nitrogens with zero attached hydrogens (tertiary/aromatic N) is 6. The SMILES string of the molecule is COc1cccc(Oc2cncc([C@@H]3CCCN(C(=O)c4ccc(-c5cncnc5)nc4)C3)n2)c1. The van der Waals surface area contributed by atoms with Crippen molar-refractivity contribution in [3.8, 4) is 28.6 Å². The van der Waals surface area contributed by atoms with Crippen LogP contribution in [-0.2, 0) is 0 Å². The second-order valence-electron chi connectivity index (χ2n) is 8.21. The normalized spacial score (nSPS) is 15.5. The van der Waals surface area contributed by atoms with Gasteiger partial charge in [-0.25, -0.2) is 15.0 Å². The molecule has 0 saturated carbocycles. The van der Waals surface area contributed by atoms with Crippen LogP contribution in [0.1, 0.15) is 34.8 Å². The van der Waals surface area contributed by atoms with Crippen molar-refractivity contribution in [1.29, 1.82) is 0 Å². The highest BCUT2D eigenvalue weighted by atomic mass is 16.5. The second kappa shape index (κ2) is 10.3. The molecule has 1 fully saturated rings. The molecule has 5 rings (SSSR count). The Morgan fingerprint density at radius 1 is 1.00 bits per heavy atom. The first-order chi connectivity index (χ1) is 17.2. The fraction of sp³-hybridized carbons (Fsp3) is 0.231. The van der Waals surface area contributed by atoms with Gasteiger partial charge < -0.3 is 14.4 Å². The van der Waals surface area contributed by atoms with Crippen molar-refractivity contribution in [3.05, 3.63) is 85.0 Å². The van der Waals surface area contributed by atoms with Gasteiger partial charge >= 0.3 is 0 Å². The molecule has 4 aromatic rings. The zero-order chi connectivity index (χ0) is 24.0. The Hall–Kier alpha value is -4.40. The van der Waals surface area contributed by atoms with Gasteiger partial charge in [0.1, 0.15) is 17.8 Å². The molecule has 1 aliphatic heterocycles.